The molecule has 112 valence electrons. The van der Waals surface area contributed by atoms with E-state index in [0.29, 0.717) is 10.6 Å². The minimum Gasteiger partial charge on any atom is -0.347 e. The van der Waals surface area contributed by atoms with Crippen LogP contribution >= 0.6 is 11.3 Å². The second kappa shape index (κ2) is 5.34. The first-order valence-corrected chi connectivity index (χ1v) is 8.36. The topological polar surface area (TPSA) is 69.0 Å². The molecule has 2 aromatic rings. The zero-order valence-corrected chi connectivity index (χ0v) is 12.9. The molecular formula is C16H16N4OS. The van der Waals surface area contributed by atoms with Crippen molar-refractivity contribution in [1.82, 2.24) is 15.2 Å². The normalized spacial score (nSPS) is 26.8. The molecule has 22 heavy (non-hydrogen) atoms. The second-order valence-corrected chi connectivity index (χ2v) is 7.23. The highest BCUT2D eigenvalue weighted by atomic mass is 32.1. The number of amides is 1. The molecule has 0 radical (unpaired) electrons. The van der Waals surface area contributed by atoms with Gasteiger partial charge in [-0.3, -0.25) is 9.78 Å². The van der Waals surface area contributed by atoms with Crippen LogP contribution in [0, 0.1) is 17.2 Å². The lowest BCUT2D eigenvalue weighted by Crippen LogP contribution is -2.47. The fraction of sp³-hybridized carbons (Fsp3) is 0.438. The van der Waals surface area contributed by atoms with Crippen LogP contribution in [0.15, 0.2) is 18.3 Å². The van der Waals surface area contributed by atoms with E-state index in [1.807, 2.05) is 0 Å². The van der Waals surface area contributed by atoms with E-state index in [2.05, 4.69) is 21.3 Å². The molecule has 5 nitrogen and oxygen atoms in total. The maximum Gasteiger partial charge on any atom is 0.270 e. The average molecular weight is 312 g/mol. The maximum atomic E-state index is 12.4. The van der Waals surface area contributed by atoms with E-state index in [1.165, 1.54) is 24.3 Å². The minimum absolute atomic E-state index is 0.110. The Labute approximate surface area is 132 Å². The number of rotatable bonds is 2. The summed E-state index contributed by atoms with van der Waals surface area (Å²) in [6.45, 7) is 3.29. The van der Waals surface area contributed by atoms with E-state index < -0.39 is 0 Å². The zero-order chi connectivity index (χ0) is 15.1. The molecule has 2 fully saturated rings. The highest BCUT2D eigenvalue weighted by Gasteiger charge is 2.33. The molecule has 1 unspecified atom stereocenters. The molecule has 4 heterocycles. The summed E-state index contributed by atoms with van der Waals surface area (Å²) in [6.07, 6.45) is 4.00. The largest absolute Gasteiger partial charge is 0.347 e. The van der Waals surface area contributed by atoms with E-state index >= 15 is 0 Å². The van der Waals surface area contributed by atoms with Crippen LogP contribution in [0.25, 0.3) is 10.1 Å². The molecule has 3 atom stereocenters. The molecule has 2 bridgehead atoms. The predicted octanol–water partition coefficient (Wildman–Crippen LogP) is 1.99. The van der Waals surface area contributed by atoms with Gasteiger partial charge in [0.1, 0.15) is 16.6 Å². The van der Waals surface area contributed by atoms with Crippen molar-refractivity contribution in [3.05, 3.63) is 28.9 Å². The maximum absolute atomic E-state index is 12.4. The number of nitrogens with one attached hydrogen (secondary N) is 1. The van der Waals surface area contributed by atoms with Gasteiger partial charge < -0.3 is 10.2 Å². The number of carbonyl (C=O) groups is 1. The Morgan fingerprint density at radius 2 is 2.36 bits per heavy atom. The van der Waals surface area contributed by atoms with Crippen LogP contribution in [0.2, 0.25) is 0 Å². The van der Waals surface area contributed by atoms with Crippen LogP contribution in [0.1, 0.15) is 28.2 Å². The quantitative estimate of drug-likeness (QED) is 0.921. The minimum atomic E-state index is -0.110. The molecule has 2 saturated heterocycles. The van der Waals surface area contributed by atoms with Crippen molar-refractivity contribution in [2.75, 3.05) is 19.6 Å². The number of pyridine rings is 1. The van der Waals surface area contributed by atoms with Crippen LogP contribution in [0.4, 0.5) is 0 Å². The number of nitrogens with zero attached hydrogens (tertiary/aromatic N) is 3. The molecule has 1 N–H and O–H groups in total. The third-order valence-electron chi connectivity index (χ3n) is 4.55. The third kappa shape index (κ3) is 2.47. The molecule has 2 aliphatic rings. The summed E-state index contributed by atoms with van der Waals surface area (Å²) in [7, 11) is 0. The summed E-state index contributed by atoms with van der Waals surface area (Å²) in [5.74, 6) is 0.617. The van der Waals surface area contributed by atoms with Gasteiger partial charge in [-0.2, -0.15) is 5.26 Å². The van der Waals surface area contributed by atoms with E-state index in [4.69, 9.17) is 5.26 Å². The van der Waals surface area contributed by atoms with Gasteiger partial charge in [0.15, 0.2) is 0 Å². The Morgan fingerprint density at radius 1 is 1.45 bits per heavy atom. The number of nitriles is 1. The van der Waals surface area contributed by atoms with Gasteiger partial charge in [0.05, 0.1) is 0 Å². The number of fused-ring (bicyclic) bond motifs is 3. The van der Waals surface area contributed by atoms with Gasteiger partial charge in [0, 0.05) is 35.4 Å². The van der Waals surface area contributed by atoms with Gasteiger partial charge in [0.25, 0.3) is 5.91 Å². The van der Waals surface area contributed by atoms with Gasteiger partial charge in [-0.05, 0) is 37.4 Å². The first kappa shape index (κ1) is 13.7. The molecular weight excluding hydrogens is 296 g/mol. The van der Waals surface area contributed by atoms with Crippen LogP contribution < -0.4 is 5.32 Å². The van der Waals surface area contributed by atoms with Crippen LogP contribution in [0.5, 0.6) is 0 Å². The first-order chi connectivity index (χ1) is 10.7. The van der Waals surface area contributed by atoms with Crippen molar-refractivity contribution in [3.63, 3.8) is 0 Å². The second-order valence-electron chi connectivity index (χ2n) is 6.15. The van der Waals surface area contributed by atoms with Crippen molar-refractivity contribution in [2.24, 2.45) is 5.92 Å². The summed E-state index contributed by atoms with van der Waals surface area (Å²) in [5, 5.41) is 13.0. The SMILES string of the molecule is N#Cc1cc2cnc(C(=O)N[C@@H]3C[C@@H]4CCN(C4)C3)cc2s1. The average Bonchev–Trinajstić information content (AvgIpc) is 3.09. The molecule has 2 aliphatic heterocycles. The van der Waals surface area contributed by atoms with Gasteiger partial charge in [0.2, 0.25) is 0 Å². The molecule has 6 heteroatoms. The van der Waals surface area contributed by atoms with E-state index in [0.717, 1.165) is 35.5 Å². The van der Waals surface area contributed by atoms with Crippen LogP contribution in [-0.4, -0.2) is 41.5 Å². The number of aromatic nitrogens is 1. The first-order valence-electron chi connectivity index (χ1n) is 7.54. The summed E-state index contributed by atoms with van der Waals surface area (Å²) >= 11 is 1.40. The molecule has 0 spiro atoms. The van der Waals surface area contributed by atoms with E-state index in [1.54, 1.807) is 18.3 Å². The molecule has 0 saturated carbocycles. The monoisotopic (exact) mass is 312 g/mol. The standard InChI is InChI=1S/C16H16N4OS/c17-6-13-4-11-7-18-14(5-15(11)22-13)16(21)19-12-3-10-1-2-20(8-10)9-12/h4-5,7,10,12H,1-3,8-9H2,(H,19,21)/t10-,12+/m0/s1. The Bertz CT molecular complexity index is 766. The third-order valence-corrected chi connectivity index (χ3v) is 5.55. The number of hydrogen-bond acceptors (Lipinski definition) is 5. The number of carbonyl (C=O) groups excluding carboxylic acids is 1. The van der Waals surface area contributed by atoms with Crippen LogP contribution in [0.3, 0.4) is 0 Å². The van der Waals surface area contributed by atoms with Crippen molar-refractivity contribution < 1.29 is 4.79 Å². The molecule has 2 aromatic heterocycles. The molecule has 4 rings (SSSR count). The lowest BCUT2D eigenvalue weighted by atomic mass is 9.97. The summed E-state index contributed by atoms with van der Waals surface area (Å²) < 4.78 is 0.934. The van der Waals surface area contributed by atoms with Crippen molar-refractivity contribution in [3.8, 4) is 6.07 Å². The van der Waals surface area contributed by atoms with E-state index in [-0.39, 0.29) is 11.9 Å². The number of piperidine rings is 1. The summed E-state index contributed by atoms with van der Waals surface area (Å²) in [5.41, 5.74) is 0.437. The number of thiophene rings is 1. The zero-order valence-electron chi connectivity index (χ0n) is 12.1. The summed E-state index contributed by atoms with van der Waals surface area (Å²) in [6, 6.07) is 5.95. The fourth-order valence-electron chi connectivity index (χ4n) is 3.54. The molecule has 0 aromatic carbocycles. The van der Waals surface area contributed by atoms with Crippen LogP contribution in [-0.2, 0) is 0 Å². The smallest absolute Gasteiger partial charge is 0.270 e. The highest BCUT2D eigenvalue weighted by molar-refractivity contribution is 7.19. The van der Waals surface area contributed by atoms with Crippen molar-refractivity contribution >= 4 is 27.3 Å². The Balaban J connectivity index is 1.51. The highest BCUT2D eigenvalue weighted by Crippen LogP contribution is 2.27. The van der Waals surface area contributed by atoms with Gasteiger partial charge >= 0.3 is 0 Å². The van der Waals surface area contributed by atoms with Gasteiger partial charge in [-0.25, -0.2) is 0 Å². The van der Waals surface area contributed by atoms with Gasteiger partial charge in [-0.1, -0.05) is 0 Å². The van der Waals surface area contributed by atoms with Crippen molar-refractivity contribution in [2.45, 2.75) is 18.9 Å². The Morgan fingerprint density at radius 3 is 3.18 bits per heavy atom. The predicted molar refractivity (Wildman–Crippen MR) is 84.8 cm³/mol. The molecule has 0 aliphatic carbocycles. The van der Waals surface area contributed by atoms with Crippen molar-refractivity contribution in [1.29, 1.82) is 5.26 Å². The lowest BCUT2D eigenvalue weighted by molar-refractivity contribution is 0.0904. The van der Waals surface area contributed by atoms with E-state index in [9.17, 15) is 4.79 Å². The Kier molecular flexibility index (Phi) is 3.32. The lowest BCUT2D eigenvalue weighted by Gasteiger charge is -2.30. The molecule has 1 amide bonds. The fourth-order valence-corrected chi connectivity index (χ4v) is 4.40. The van der Waals surface area contributed by atoms with Gasteiger partial charge in [-0.15, -0.1) is 11.3 Å². The summed E-state index contributed by atoms with van der Waals surface area (Å²) in [4.78, 5) is 19.7. The Hall–Kier alpha value is -1.97. The number of hydrogen-bond donors (Lipinski definition) is 1.